The Labute approximate surface area is 147 Å². The van der Waals surface area contributed by atoms with Gasteiger partial charge in [-0.3, -0.25) is 4.79 Å². The van der Waals surface area contributed by atoms with Crippen LogP contribution >= 0.6 is 0 Å². The molecule has 0 aliphatic carbocycles. The Balaban J connectivity index is 1.74. The highest BCUT2D eigenvalue weighted by molar-refractivity contribution is 5.95. The number of rotatable bonds is 4. The van der Waals surface area contributed by atoms with Gasteiger partial charge < -0.3 is 9.32 Å². The maximum atomic E-state index is 12.6. The van der Waals surface area contributed by atoms with Gasteiger partial charge in [0.15, 0.2) is 0 Å². The molecule has 3 rings (SSSR count). The van der Waals surface area contributed by atoms with Crippen LogP contribution in [0.4, 0.5) is 0 Å². The second-order valence-corrected chi connectivity index (χ2v) is 6.35. The predicted molar refractivity (Wildman–Crippen MR) is 96.2 cm³/mol. The maximum Gasteiger partial charge on any atom is 0.254 e. The van der Waals surface area contributed by atoms with Crippen molar-refractivity contribution in [3.63, 3.8) is 0 Å². The van der Waals surface area contributed by atoms with Crippen molar-refractivity contribution in [2.45, 2.75) is 27.3 Å². The Bertz CT molecular complexity index is 898. The molecule has 5 nitrogen and oxygen atoms in total. The molecule has 1 heterocycles. The first-order valence-electron chi connectivity index (χ1n) is 8.16. The van der Waals surface area contributed by atoms with Crippen LogP contribution in [0.5, 0.6) is 0 Å². The number of aromatic nitrogens is 2. The lowest BCUT2D eigenvalue weighted by atomic mass is 10.0. The zero-order chi connectivity index (χ0) is 18.0. The van der Waals surface area contributed by atoms with Gasteiger partial charge in [-0.15, -0.1) is 10.2 Å². The Hall–Kier alpha value is -2.95. The lowest BCUT2D eigenvalue weighted by molar-refractivity contribution is 0.0772. The molecule has 2 aromatic carbocycles. The van der Waals surface area contributed by atoms with Crippen molar-refractivity contribution in [1.82, 2.24) is 15.1 Å². The summed E-state index contributed by atoms with van der Waals surface area (Å²) in [6.45, 7) is 6.24. The fraction of sp³-hybridized carbons (Fsp3) is 0.250. The molecule has 0 spiro atoms. The van der Waals surface area contributed by atoms with Gasteiger partial charge in [0.05, 0.1) is 6.54 Å². The quantitative estimate of drug-likeness (QED) is 0.725. The average Bonchev–Trinajstić information content (AvgIpc) is 3.03. The van der Waals surface area contributed by atoms with Crippen LogP contribution in [0.25, 0.3) is 11.5 Å². The minimum atomic E-state index is -0.0624. The van der Waals surface area contributed by atoms with Gasteiger partial charge in [-0.1, -0.05) is 35.4 Å². The molecule has 0 aliphatic heterocycles. The van der Waals surface area contributed by atoms with E-state index < -0.39 is 0 Å². The van der Waals surface area contributed by atoms with E-state index in [9.17, 15) is 4.79 Å². The average molecular weight is 335 g/mol. The van der Waals surface area contributed by atoms with Crippen molar-refractivity contribution in [2.75, 3.05) is 7.05 Å². The summed E-state index contributed by atoms with van der Waals surface area (Å²) in [5.74, 6) is 0.811. The van der Waals surface area contributed by atoms with Crippen LogP contribution in [0.2, 0.25) is 0 Å². The van der Waals surface area contributed by atoms with Crippen molar-refractivity contribution in [3.05, 3.63) is 70.6 Å². The van der Waals surface area contributed by atoms with Crippen molar-refractivity contribution >= 4 is 5.91 Å². The second kappa shape index (κ2) is 6.89. The van der Waals surface area contributed by atoms with Gasteiger partial charge in [0.1, 0.15) is 0 Å². The number of carbonyl (C=O) groups excluding carboxylic acids is 1. The summed E-state index contributed by atoms with van der Waals surface area (Å²) in [7, 11) is 1.73. The van der Waals surface area contributed by atoms with Crippen LogP contribution in [0, 0.1) is 20.8 Å². The molecular formula is C20H21N3O2. The summed E-state index contributed by atoms with van der Waals surface area (Å²) in [4.78, 5) is 14.2. The standard InChI is InChI=1S/C20H21N3O2/c1-13-5-8-16(9-6-13)19-22-21-18(25-19)12-23(4)20(24)17-10-7-14(2)11-15(17)3/h5-11H,12H2,1-4H3. The molecule has 25 heavy (non-hydrogen) atoms. The van der Waals surface area contributed by atoms with Crippen LogP contribution in [0.1, 0.15) is 32.9 Å². The van der Waals surface area contributed by atoms with Gasteiger partial charge in [-0.25, -0.2) is 0 Å². The Morgan fingerprint density at radius 2 is 1.68 bits per heavy atom. The van der Waals surface area contributed by atoms with Gasteiger partial charge in [-0.05, 0) is 44.5 Å². The first-order valence-corrected chi connectivity index (χ1v) is 8.16. The number of carbonyl (C=O) groups is 1. The molecule has 128 valence electrons. The highest BCUT2D eigenvalue weighted by Gasteiger charge is 2.17. The molecule has 0 aliphatic rings. The zero-order valence-electron chi connectivity index (χ0n) is 14.9. The molecule has 1 amide bonds. The van der Waals surface area contributed by atoms with E-state index in [0.29, 0.717) is 17.3 Å². The lowest BCUT2D eigenvalue weighted by Gasteiger charge is -2.16. The highest BCUT2D eigenvalue weighted by Crippen LogP contribution is 2.19. The first kappa shape index (κ1) is 16.9. The summed E-state index contributed by atoms with van der Waals surface area (Å²) < 4.78 is 5.70. The van der Waals surface area contributed by atoms with E-state index in [1.165, 1.54) is 5.56 Å². The molecule has 3 aromatic rings. The number of benzene rings is 2. The van der Waals surface area contributed by atoms with E-state index in [0.717, 1.165) is 16.7 Å². The third-order valence-electron chi connectivity index (χ3n) is 4.10. The number of amides is 1. The monoisotopic (exact) mass is 335 g/mol. The number of nitrogens with zero attached hydrogens (tertiary/aromatic N) is 3. The number of aryl methyl sites for hydroxylation is 3. The first-order chi connectivity index (χ1) is 11.9. The molecule has 0 fully saturated rings. The Morgan fingerprint density at radius 1 is 1.00 bits per heavy atom. The fourth-order valence-corrected chi connectivity index (χ4v) is 2.66. The summed E-state index contributed by atoms with van der Waals surface area (Å²) in [6.07, 6.45) is 0. The molecule has 0 saturated heterocycles. The van der Waals surface area contributed by atoms with E-state index >= 15 is 0 Å². The van der Waals surface area contributed by atoms with E-state index in [1.807, 2.05) is 63.2 Å². The summed E-state index contributed by atoms with van der Waals surface area (Å²) >= 11 is 0. The fourth-order valence-electron chi connectivity index (χ4n) is 2.66. The van der Waals surface area contributed by atoms with Crippen LogP contribution in [-0.4, -0.2) is 28.1 Å². The molecule has 0 N–H and O–H groups in total. The van der Waals surface area contributed by atoms with Gasteiger partial charge in [-0.2, -0.15) is 0 Å². The largest absolute Gasteiger partial charge is 0.419 e. The van der Waals surface area contributed by atoms with Gasteiger partial charge >= 0.3 is 0 Å². The van der Waals surface area contributed by atoms with Crippen LogP contribution in [0.3, 0.4) is 0 Å². The van der Waals surface area contributed by atoms with Crippen LogP contribution < -0.4 is 0 Å². The van der Waals surface area contributed by atoms with Gasteiger partial charge in [0.2, 0.25) is 11.8 Å². The number of hydrogen-bond acceptors (Lipinski definition) is 4. The molecule has 1 aromatic heterocycles. The normalized spacial score (nSPS) is 10.7. The molecule has 0 saturated carbocycles. The minimum Gasteiger partial charge on any atom is -0.419 e. The minimum absolute atomic E-state index is 0.0624. The summed E-state index contributed by atoms with van der Waals surface area (Å²) in [5, 5.41) is 8.13. The summed E-state index contributed by atoms with van der Waals surface area (Å²) in [5.41, 5.74) is 4.82. The lowest BCUT2D eigenvalue weighted by Crippen LogP contribution is -2.27. The molecule has 0 unspecified atom stereocenters. The molecule has 0 atom stereocenters. The Morgan fingerprint density at radius 3 is 2.36 bits per heavy atom. The maximum absolute atomic E-state index is 12.6. The van der Waals surface area contributed by atoms with Crippen molar-refractivity contribution in [1.29, 1.82) is 0 Å². The van der Waals surface area contributed by atoms with Crippen molar-refractivity contribution in [3.8, 4) is 11.5 Å². The topological polar surface area (TPSA) is 59.2 Å². The van der Waals surface area contributed by atoms with Gasteiger partial charge in [0.25, 0.3) is 5.91 Å². The third-order valence-corrected chi connectivity index (χ3v) is 4.10. The van der Waals surface area contributed by atoms with Crippen LogP contribution in [0.15, 0.2) is 46.9 Å². The van der Waals surface area contributed by atoms with E-state index in [1.54, 1.807) is 11.9 Å². The van der Waals surface area contributed by atoms with E-state index in [2.05, 4.69) is 10.2 Å². The van der Waals surface area contributed by atoms with Gasteiger partial charge in [0, 0.05) is 18.2 Å². The SMILES string of the molecule is Cc1ccc(-c2nnc(CN(C)C(=O)c3ccc(C)cc3C)o2)cc1. The predicted octanol–water partition coefficient (Wildman–Crippen LogP) is 3.93. The Kier molecular flexibility index (Phi) is 4.65. The van der Waals surface area contributed by atoms with Crippen molar-refractivity contribution in [2.24, 2.45) is 0 Å². The zero-order valence-corrected chi connectivity index (χ0v) is 14.9. The smallest absolute Gasteiger partial charge is 0.254 e. The molecule has 0 bridgehead atoms. The molecule has 0 radical (unpaired) electrons. The highest BCUT2D eigenvalue weighted by atomic mass is 16.4. The molecule has 5 heteroatoms. The van der Waals surface area contributed by atoms with Crippen LogP contribution in [-0.2, 0) is 6.54 Å². The molecular weight excluding hydrogens is 314 g/mol. The third kappa shape index (κ3) is 3.76. The number of hydrogen-bond donors (Lipinski definition) is 0. The summed E-state index contributed by atoms with van der Waals surface area (Å²) in [6, 6.07) is 13.7. The van der Waals surface area contributed by atoms with E-state index in [-0.39, 0.29) is 12.5 Å². The van der Waals surface area contributed by atoms with Crippen molar-refractivity contribution < 1.29 is 9.21 Å². The van der Waals surface area contributed by atoms with E-state index in [4.69, 9.17) is 4.42 Å². The second-order valence-electron chi connectivity index (χ2n) is 6.35.